The van der Waals surface area contributed by atoms with E-state index in [1.807, 2.05) is 30.3 Å². The third kappa shape index (κ3) is 2.17. The van der Waals surface area contributed by atoms with Crippen molar-refractivity contribution in [3.63, 3.8) is 0 Å². The molecule has 0 saturated heterocycles. The van der Waals surface area contributed by atoms with Crippen molar-refractivity contribution in [2.75, 3.05) is 0 Å². The fourth-order valence-electron chi connectivity index (χ4n) is 2.41. The minimum absolute atomic E-state index is 0.252. The van der Waals surface area contributed by atoms with E-state index in [1.54, 1.807) is 30.7 Å². The summed E-state index contributed by atoms with van der Waals surface area (Å²) >= 11 is 0. The van der Waals surface area contributed by atoms with E-state index in [-0.39, 0.29) is 4.90 Å². The standard InChI is InChI=1S/C15H15N3O2S/c1-12-15(21(19,20)17-10-6-7-11-17)13(2)18(16-12)14-8-4-3-5-9-14/h3-11H,1-2H3. The highest BCUT2D eigenvalue weighted by Crippen LogP contribution is 2.24. The molecule has 0 atom stereocenters. The number of benzene rings is 1. The first-order valence-electron chi connectivity index (χ1n) is 6.52. The number of para-hydroxylation sites is 1. The highest BCUT2D eigenvalue weighted by molar-refractivity contribution is 7.90. The van der Waals surface area contributed by atoms with Crippen LogP contribution in [0.1, 0.15) is 11.4 Å². The Labute approximate surface area is 123 Å². The highest BCUT2D eigenvalue weighted by Gasteiger charge is 2.26. The summed E-state index contributed by atoms with van der Waals surface area (Å²) in [4.78, 5) is 0.252. The van der Waals surface area contributed by atoms with Crippen LogP contribution in [0.5, 0.6) is 0 Å². The van der Waals surface area contributed by atoms with Gasteiger partial charge in [0.05, 0.1) is 17.1 Å². The van der Waals surface area contributed by atoms with Crippen LogP contribution in [-0.4, -0.2) is 22.2 Å². The number of rotatable bonds is 3. The predicted octanol–water partition coefficient (Wildman–Crippen LogP) is 2.53. The Morgan fingerprint density at radius 3 is 2.19 bits per heavy atom. The Kier molecular flexibility index (Phi) is 3.17. The van der Waals surface area contributed by atoms with Crippen LogP contribution < -0.4 is 0 Å². The molecule has 1 aromatic carbocycles. The maximum absolute atomic E-state index is 12.7. The van der Waals surface area contributed by atoms with Crippen LogP contribution in [0.15, 0.2) is 59.8 Å². The van der Waals surface area contributed by atoms with Crippen LogP contribution in [0.3, 0.4) is 0 Å². The Morgan fingerprint density at radius 1 is 0.952 bits per heavy atom. The van der Waals surface area contributed by atoms with Crippen molar-refractivity contribution in [1.29, 1.82) is 0 Å². The largest absolute Gasteiger partial charge is 0.271 e. The summed E-state index contributed by atoms with van der Waals surface area (Å²) in [6, 6.07) is 12.9. The Balaban J connectivity index is 2.21. The van der Waals surface area contributed by atoms with Gasteiger partial charge in [-0.2, -0.15) is 5.10 Å². The third-order valence-corrected chi connectivity index (χ3v) is 5.24. The van der Waals surface area contributed by atoms with Crippen LogP contribution in [0, 0.1) is 13.8 Å². The highest BCUT2D eigenvalue weighted by atomic mass is 32.2. The van der Waals surface area contributed by atoms with Crippen molar-refractivity contribution < 1.29 is 8.42 Å². The number of hydrogen-bond donors (Lipinski definition) is 0. The molecule has 0 aliphatic rings. The maximum Gasteiger partial charge on any atom is 0.271 e. The summed E-state index contributed by atoms with van der Waals surface area (Å²) in [5, 5.41) is 4.38. The minimum atomic E-state index is -3.61. The van der Waals surface area contributed by atoms with Crippen molar-refractivity contribution >= 4 is 10.0 Å². The molecule has 0 radical (unpaired) electrons. The zero-order chi connectivity index (χ0) is 15.0. The number of nitrogens with zero attached hydrogens (tertiary/aromatic N) is 3. The maximum atomic E-state index is 12.7. The summed E-state index contributed by atoms with van der Waals surface area (Å²) in [7, 11) is -3.61. The van der Waals surface area contributed by atoms with Gasteiger partial charge in [-0.05, 0) is 38.1 Å². The van der Waals surface area contributed by atoms with Gasteiger partial charge in [0, 0.05) is 12.4 Å². The molecule has 108 valence electrons. The van der Waals surface area contributed by atoms with E-state index in [9.17, 15) is 8.42 Å². The molecular weight excluding hydrogens is 286 g/mol. The Hall–Kier alpha value is -2.34. The fraction of sp³-hybridized carbons (Fsp3) is 0.133. The molecule has 21 heavy (non-hydrogen) atoms. The van der Waals surface area contributed by atoms with Crippen molar-refractivity contribution in [3.8, 4) is 5.69 Å². The topological polar surface area (TPSA) is 56.9 Å². The summed E-state index contributed by atoms with van der Waals surface area (Å²) in [6.07, 6.45) is 3.04. The number of aromatic nitrogens is 3. The fourth-order valence-corrected chi connectivity index (χ4v) is 3.95. The summed E-state index contributed by atoms with van der Waals surface area (Å²) < 4.78 is 28.2. The molecule has 0 aliphatic heterocycles. The molecule has 0 bridgehead atoms. The van der Waals surface area contributed by atoms with Gasteiger partial charge in [-0.3, -0.25) is 0 Å². The van der Waals surface area contributed by atoms with E-state index in [0.29, 0.717) is 11.4 Å². The number of hydrogen-bond acceptors (Lipinski definition) is 3. The summed E-state index contributed by atoms with van der Waals surface area (Å²) in [6.45, 7) is 3.48. The normalized spacial score (nSPS) is 11.7. The molecule has 0 unspecified atom stereocenters. The first-order chi connectivity index (χ1) is 10.0. The average Bonchev–Trinajstić information content (AvgIpc) is 3.08. The molecule has 0 fully saturated rings. The van der Waals surface area contributed by atoms with E-state index < -0.39 is 10.0 Å². The molecule has 6 heteroatoms. The van der Waals surface area contributed by atoms with Gasteiger partial charge in [0.1, 0.15) is 4.90 Å². The van der Waals surface area contributed by atoms with Gasteiger partial charge in [-0.25, -0.2) is 17.1 Å². The van der Waals surface area contributed by atoms with E-state index in [1.165, 1.54) is 16.4 Å². The Bertz CT molecular complexity index is 863. The average molecular weight is 301 g/mol. The lowest BCUT2D eigenvalue weighted by molar-refractivity contribution is 0.586. The predicted molar refractivity (Wildman–Crippen MR) is 80.1 cm³/mol. The van der Waals surface area contributed by atoms with E-state index >= 15 is 0 Å². The van der Waals surface area contributed by atoms with Crippen LogP contribution in [0.2, 0.25) is 0 Å². The van der Waals surface area contributed by atoms with Gasteiger partial charge in [-0.15, -0.1) is 0 Å². The lowest BCUT2D eigenvalue weighted by Crippen LogP contribution is -2.13. The molecular formula is C15H15N3O2S. The molecule has 3 aromatic rings. The monoisotopic (exact) mass is 301 g/mol. The molecule has 0 N–H and O–H groups in total. The first kappa shape index (κ1) is 13.6. The Morgan fingerprint density at radius 2 is 1.57 bits per heavy atom. The smallest absolute Gasteiger partial charge is 0.249 e. The molecule has 2 aromatic heterocycles. The lowest BCUT2D eigenvalue weighted by atomic mass is 10.3. The van der Waals surface area contributed by atoms with Crippen molar-refractivity contribution in [3.05, 3.63) is 66.2 Å². The van der Waals surface area contributed by atoms with Crippen LogP contribution in [0.25, 0.3) is 5.69 Å². The van der Waals surface area contributed by atoms with Crippen LogP contribution in [0.4, 0.5) is 0 Å². The molecule has 3 rings (SSSR count). The zero-order valence-corrected chi connectivity index (χ0v) is 12.6. The quantitative estimate of drug-likeness (QED) is 0.747. The van der Waals surface area contributed by atoms with Crippen LogP contribution in [-0.2, 0) is 10.0 Å². The van der Waals surface area contributed by atoms with Gasteiger partial charge < -0.3 is 0 Å². The zero-order valence-electron chi connectivity index (χ0n) is 11.8. The number of aryl methyl sites for hydroxylation is 1. The van der Waals surface area contributed by atoms with Gasteiger partial charge in [0.2, 0.25) is 0 Å². The lowest BCUT2D eigenvalue weighted by Gasteiger charge is -2.07. The van der Waals surface area contributed by atoms with E-state index in [4.69, 9.17) is 0 Å². The summed E-state index contributed by atoms with van der Waals surface area (Å²) in [5.74, 6) is 0. The van der Waals surface area contributed by atoms with Gasteiger partial charge in [0.15, 0.2) is 0 Å². The molecule has 0 spiro atoms. The molecule has 0 saturated carbocycles. The molecule has 2 heterocycles. The van der Waals surface area contributed by atoms with Crippen molar-refractivity contribution in [1.82, 2.24) is 13.8 Å². The second-order valence-electron chi connectivity index (χ2n) is 4.77. The van der Waals surface area contributed by atoms with Gasteiger partial charge >= 0.3 is 0 Å². The van der Waals surface area contributed by atoms with Crippen molar-refractivity contribution in [2.45, 2.75) is 18.7 Å². The van der Waals surface area contributed by atoms with Crippen molar-refractivity contribution in [2.24, 2.45) is 0 Å². The second kappa shape index (κ2) is 4.89. The SMILES string of the molecule is Cc1nn(-c2ccccc2)c(C)c1S(=O)(=O)n1cccc1. The van der Waals surface area contributed by atoms with E-state index in [0.717, 1.165) is 5.69 Å². The molecule has 0 aliphatic carbocycles. The summed E-state index contributed by atoms with van der Waals surface area (Å²) in [5.41, 5.74) is 1.93. The minimum Gasteiger partial charge on any atom is -0.249 e. The van der Waals surface area contributed by atoms with Gasteiger partial charge in [-0.1, -0.05) is 18.2 Å². The van der Waals surface area contributed by atoms with Gasteiger partial charge in [0.25, 0.3) is 10.0 Å². The second-order valence-corrected chi connectivity index (χ2v) is 6.55. The molecule has 0 amide bonds. The van der Waals surface area contributed by atoms with E-state index in [2.05, 4.69) is 5.10 Å². The third-order valence-electron chi connectivity index (χ3n) is 3.34. The molecule has 5 nitrogen and oxygen atoms in total. The first-order valence-corrected chi connectivity index (χ1v) is 7.96. The van der Waals surface area contributed by atoms with Crippen LogP contribution >= 0.6 is 0 Å².